The Morgan fingerprint density at radius 2 is 1.89 bits per heavy atom. The van der Waals surface area contributed by atoms with Gasteiger partial charge in [0.2, 0.25) is 0 Å². The lowest BCUT2D eigenvalue weighted by Gasteiger charge is -2.25. The second kappa shape index (κ2) is 10.8. The van der Waals surface area contributed by atoms with Crippen LogP contribution < -0.4 is 4.74 Å². The molecule has 2 heterocycles. The number of aromatic nitrogens is 2. The minimum absolute atomic E-state index is 0.00391. The predicted molar refractivity (Wildman–Crippen MR) is 134 cm³/mol. The average molecular weight is 512 g/mol. The second-order valence-electron chi connectivity index (χ2n) is 7.94. The van der Waals surface area contributed by atoms with Crippen molar-refractivity contribution in [1.29, 1.82) is 0 Å². The summed E-state index contributed by atoms with van der Waals surface area (Å²) >= 11 is 12.4. The van der Waals surface area contributed by atoms with Gasteiger partial charge in [-0.1, -0.05) is 41.9 Å². The van der Waals surface area contributed by atoms with Crippen LogP contribution in [0.2, 0.25) is 10.0 Å². The number of aliphatic hydroxyl groups is 1. The van der Waals surface area contributed by atoms with Crippen LogP contribution in [0, 0.1) is 0 Å². The number of aryl methyl sites for hydroxylation is 1. The van der Waals surface area contributed by atoms with Crippen molar-refractivity contribution < 1.29 is 19.4 Å². The first kappa shape index (κ1) is 24.6. The molecule has 7 nitrogen and oxygen atoms in total. The summed E-state index contributed by atoms with van der Waals surface area (Å²) in [7, 11) is 0. The van der Waals surface area contributed by atoms with E-state index in [1.165, 1.54) is 4.90 Å². The van der Waals surface area contributed by atoms with Crippen molar-refractivity contribution in [3.63, 3.8) is 0 Å². The molecular formula is C26H23Cl2N3O4. The minimum atomic E-state index is -0.816. The largest absolute Gasteiger partial charge is 0.507 e. The van der Waals surface area contributed by atoms with Gasteiger partial charge in [-0.25, -0.2) is 4.98 Å². The molecule has 0 radical (unpaired) electrons. The highest BCUT2D eigenvalue weighted by Crippen LogP contribution is 2.41. The van der Waals surface area contributed by atoms with Crippen LogP contribution in [0.5, 0.6) is 5.75 Å². The van der Waals surface area contributed by atoms with Gasteiger partial charge in [-0.05, 0) is 48.4 Å². The fourth-order valence-electron chi connectivity index (χ4n) is 4.00. The van der Waals surface area contributed by atoms with Crippen LogP contribution in [0.3, 0.4) is 0 Å². The van der Waals surface area contributed by atoms with Crippen LogP contribution in [-0.4, -0.2) is 44.4 Å². The summed E-state index contributed by atoms with van der Waals surface area (Å²) in [6.45, 7) is 4.86. The number of aliphatic hydroxyl groups excluding tert-OH is 1. The van der Waals surface area contributed by atoms with Gasteiger partial charge in [0, 0.05) is 31.0 Å². The number of rotatable bonds is 9. The molecular weight excluding hydrogens is 489 g/mol. The molecule has 2 aromatic carbocycles. The number of likely N-dealkylation sites (tertiary alicyclic amines) is 1. The van der Waals surface area contributed by atoms with Crippen molar-refractivity contribution in [1.82, 2.24) is 14.5 Å². The molecule has 35 heavy (non-hydrogen) atoms. The zero-order valence-corrected chi connectivity index (χ0v) is 20.2. The summed E-state index contributed by atoms with van der Waals surface area (Å²) in [6, 6.07) is 10.7. The Bertz CT molecular complexity index is 1270. The number of carbonyl (C=O) groups excluding carboxylic acids is 2. The lowest BCUT2D eigenvalue weighted by molar-refractivity contribution is -0.139. The summed E-state index contributed by atoms with van der Waals surface area (Å²) in [5.41, 5.74) is 0.960. The third kappa shape index (κ3) is 5.26. The molecule has 180 valence electrons. The number of hydrogen-bond acceptors (Lipinski definition) is 5. The predicted octanol–water partition coefficient (Wildman–Crippen LogP) is 5.27. The fourth-order valence-corrected chi connectivity index (χ4v) is 4.31. The molecule has 3 aromatic rings. The van der Waals surface area contributed by atoms with Crippen molar-refractivity contribution in [2.24, 2.45) is 0 Å². The smallest absolute Gasteiger partial charge is 0.295 e. The Morgan fingerprint density at radius 1 is 1.11 bits per heavy atom. The number of halogens is 2. The van der Waals surface area contributed by atoms with E-state index >= 15 is 0 Å². The number of imidazole rings is 1. The van der Waals surface area contributed by atoms with Crippen molar-refractivity contribution >= 4 is 40.7 Å². The van der Waals surface area contributed by atoms with E-state index in [0.717, 1.165) is 0 Å². The first-order valence-electron chi connectivity index (χ1n) is 10.9. The Labute approximate surface area is 212 Å². The van der Waals surface area contributed by atoms with Gasteiger partial charge in [-0.15, -0.1) is 0 Å². The van der Waals surface area contributed by atoms with E-state index in [1.54, 1.807) is 61.1 Å². The maximum Gasteiger partial charge on any atom is 0.295 e. The van der Waals surface area contributed by atoms with Gasteiger partial charge in [0.05, 0.1) is 28.0 Å². The third-order valence-electron chi connectivity index (χ3n) is 5.67. The Morgan fingerprint density at radius 3 is 2.54 bits per heavy atom. The quantitative estimate of drug-likeness (QED) is 0.183. The van der Waals surface area contributed by atoms with Gasteiger partial charge >= 0.3 is 0 Å². The van der Waals surface area contributed by atoms with Crippen molar-refractivity contribution in [2.75, 3.05) is 13.2 Å². The van der Waals surface area contributed by atoms with Crippen LogP contribution >= 0.6 is 23.2 Å². The van der Waals surface area contributed by atoms with Crippen molar-refractivity contribution in [2.45, 2.75) is 19.0 Å². The fraction of sp³-hybridized carbons (Fsp3) is 0.192. The number of carbonyl (C=O) groups is 2. The van der Waals surface area contributed by atoms with Gasteiger partial charge in [-0.3, -0.25) is 9.59 Å². The minimum Gasteiger partial charge on any atom is -0.507 e. The summed E-state index contributed by atoms with van der Waals surface area (Å²) in [6.07, 6.45) is 7.39. The zero-order valence-electron chi connectivity index (χ0n) is 18.7. The first-order valence-corrected chi connectivity index (χ1v) is 11.7. The molecule has 4 rings (SSSR count). The molecule has 1 fully saturated rings. The number of ether oxygens (including phenoxy) is 1. The van der Waals surface area contributed by atoms with Crippen LogP contribution in [0.1, 0.15) is 23.6 Å². The van der Waals surface area contributed by atoms with Crippen molar-refractivity contribution in [3.05, 3.63) is 101 Å². The molecule has 1 amide bonds. The second-order valence-corrected chi connectivity index (χ2v) is 8.76. The zero-order chi connectivity index (χ0) is 24.9. The Kier molecular flexibility index (Phi) is 7.58. The van der Waals surface area contributed by atoms with Gasteiger partial charge in [-0.2, -0.15) is 0 Å². The summed E-state index contributed by atoms with van der Waals surface area (Å²) in [5.74, 6) is -1.12. The van der Waals surface area contributed by atoms with E-state index in [1.807, 2.05) is 10.8 Å². The van der Waals surface area contributed by atoms with Gasteiger partial charge in [0.25, 0.3) is 11.7 Å². The Hall–Kier alpha value is -3.55. The van der Waals surface area contributed by atoms with E-state index < -0.39 is 17.7 Å². The molecule has 0 saturated carbocycles. The molecule has 1 saturated heterocycles. The Balaban J connectivity index is 1.71. The highest BCUT2D eigenvalue weighted by molar-refractivity contribution is 6.46. The molecule has 1 N–H and O–H groups in total. The highest BCUT2D eigenvalue weighted by atomic mass is 35.5. The van der Waals surface area contributed by atoms with E-state index in [0.29, 0.717) is 48.0 Å². The van der Waals surface area contributed by atoms with Crippen LogP contribution in [-0.2, 0) is 16.1 Å². The standard InChI is InChI=1S/C26H23Cl2N3O4/c1-2-14-35-19-7-4-17(5-8-19)24(32)22-23(18-6-9-20(27)21(28)15-18)31(26(34)25(22)33)12-3-11-30-13-10-29-16-30/h2,4-10,13,15-16,23,32H,1,3,11-12,14H2/t23-/m0/s1. The number of ketones is 1. The summed E-state index contributed by atoms with van der Waals surface area (Å²) in [4.78, 5) is 31.7. The summed E-state index contributed by atoms with van der Waals surface area (Å²) in [5, 5.41) is 11.8. The number of amides is 1. The van der Waals surface area contributed by atoms with Crippen molar-refractivity contribution in [3.8, 4) is 5.75 Å². The molecule has 0 unspecified atom stereocenters. The average Bonchev–Trinajstić information content (AvgIpc) is 3.47. The maximum atomic E-state index is 13.1. The number of benzene rings is 2. The SMILES string of the molecule is C=CCOc1ccc(C(O)=C2C(=O)C(=O)N(CCCn3ccnc3)[C@H]2c2ccc(Cl)c(Cl)c2)cc1. The van der Waals surface area contributed by atoms with Crippen LogP contribution in [0.15, 0.2) is 79.4 Å². The molecule has 0 spiro atoms. The van der Waals surface area contributed by atoms with Gasteiger partial charge in [0.1, 0.15) is 18.1 Å². The number of nitrogens with zero attached hydrogens (tertiary/aromatic N) is 3. The molecule has 0 aliphatic carbocycles. The van der Waals surface area contributed by atoms with Gasteiger partial charge in [0.15, 0.2) is 0 Å². The van der Waals surface area contributed by atoms with Crippen LogP contribution in [0.25, 0.3) is 5.76 Å². The molecule has 9 heteroatoms. The topological polar surface area (TPSA) is 84.7 Å². The number of hydrogen-bond donors (Lipinski definition) is 1. The van der Waals surface area contributed by atoms with E-state index in [2.05, 4.69) is 11.6 Å². The lowest BCUT2D eigenvalue weighted by atomic mass is 9.95. The normalized spacial score (nSPS) is 17.1. The lowest BCUT2D eigenvalue weighted by Crippen LogP contribution is -2.31. The maximum absolute atomic E-state index is 13.1. The molecule has 1 aliphatic heterocycles. The number of Topliss-reactive ketones (excluding diaryl/α,β-unsaturated/α-hetero) is 1. The van der Waals surface area contributed by atoms with E-state index in [4.69, 9.17) is 27.9 Å². The van der Waals surface area contributed by atoms with E-state index in [9.17, 15) is 14.7 Å². The first-order chi connectivity index (χ1) is 16.9. The third-order valence-corrected chi connectivity index (χ3v) is 6.41. The van der Waals surface area contributed by atoms with Crippen LogP contribution in [0.4, 0.5) is 0 Å². The highest BCUT2D eigenvalue weighted by Gasteiger charge is 2.45. The molecule has 1 aliphatic rings. The summed E-state index contributed by atoms with van der Waals surface area (Å²) < 4.78 is 7.37. The molecule has 1 atom stereocenters. The monoisotopic (exact) mass is 511 g/mol. The van der Waals surface area contributed by atoms with E-state index in [-0.39, 0.29) is 16.4 Å². The molecule has 1 aromatic heterocycles. The van der Waals surface area contributed by atoms with Gasteiger partial charge < -0.3 is 19.3 Å². The molecule has 0 bridgehead atoms.